The molecule has 5 heteroatoms. The zero-order valence-electron chi connectivity index (χ0n) is 8.66. The van der Waals surface area contributed by atoms with Gasteiger partial charge >= 0.3 is 5.97 Å². The second-order valence-corrected chi connectivity index (χ2v) is 5.00. The van der Waals surface area contributed by atoms with Crippen molar-refractivity contribution in [3.8, 4) is 0 Å². The molecule has 0 spiro atoms. The fraction of sp³-hybridized carbons (Fsp3) is 0.500. The molecule has 0 saturated carbocycles. The summed E-state index contributed by atoms with van der Waals surface area (Å²) >= 11 is 3.11. The van der Waals surface area contributed by atoms with E-state index in [0.717, 1.165) is 24.3 Å². The van der Waals surface area contributed by atoms with Gasteiger partial charge in [-0.25, -0.2) is 4.79 Å². The highest BCUT2D eigenvalue weighted by molar-refractivity contribution is 7.98. The Morgan fingerprint density at radius 2 is 2.47 bits per heavy atom. The third kappa shape index (κ3) is 4.24. The molecule has 1 aromatic heterocycles. The molecule has 1 rings (SSSR count). The molecule has 0 aliphatic carbocycles. The number of carbonyl (C=O) groups is 1. The van der Waals surface area contributed by atoms with E-state index in [1.54, 1.807) is 0 Å². The van der Waals surface area contributed by atoms with Crippen molar-refractivity contribution in [3.05, 3.63) is 21.9 Å². The Hall–Kier alpha value is -0.520. The Morgan fingerprint density at radius 3 is 3.13 bits per heavy atom. The molecule has 0 radical (unpaired) electrons. The lowest BCUT2D eigenvalue weighted by Gasteiger charge is -2.03. The van der Waals surface area contributed by atoms with Gasteiger partial charge in [-0.05, 0) is 42.0 Å². The van der Waals surface area contributed by atoms with Crippen LogP contribution in [0.15, 0.2) is 11.4 Å². The Bertz CT molecular complexity index is 312. The monoisotopic (exact) mass is 245 g/mol. The van der Waals surface area contributed by atoms with Crippen molar-refractivity contribution in [1.82, 2.24) is 5.32 Å². The van der Waals surface area contributed by atoms with Crippen molar-refractivity contribution in [3.63, 3.8) is 0 Å². The normalized spacial score (nSPS) is 10.5. The van der Waals surface area contributed by atoms with Crippen molar-refractivity contribution in [2.75, 3.05) is 18.6 Å². The molecule has 15 heavy (non-hydrogen) atoms. The molecule has 0 atom stereocenters. The van der Waals surface area contributed by atoms with E-state index in [9.17, 15) is 4.79 Å². The Balaban J connectivity index is 2.31. The van der Waals surface area contributed by atoms with Gasteiger partial charge in [0.2, 0.25) is 0 Å². The van der Waals surface area contributed by atoms with E-state index in [1.165, 1.54) is 11.3 Å². The first-order valence-corrected chi connectivity index (χ1v) is 7.02. The summed E-state index contributed by atoms with van der Waals surface area (Å²) in [5.41, 5.74) is 0.886. The Kier molecular flexibility index (Phi) is 5.75. The van der Waals surface area contributed by atoms with Crippen LogP contribution in [0.5, 0.6) is 0 Å². The Labute approximate surface area is 97.9 Å². The van der Waals surface area contributed by atoms with Gasteiger partial charge in [-0.2, -0.15) is 11.8 Å². The second-order valence-electron chi connectivity index (χ2n) is 3.10. The molecule has 0 saturated heterocycles. The third-order valence-electron chi connectivity index (χ3n) is 1.96. The van der Waals surface area contributed by atoms with E-state index in [4.69, 9.17) is 5.11 Å². The van der Waals surface area contributed by atoms with Crippen molar-refractivity contribution in [2.45, 2.75) is 13.0 Å². The molecule has 2 N–H and O–H groups in total. The van der Waals surface area contributed by atoms with E-state index in [0.29, 0.717) is 11.4 Å². The zero-order valence-corrected chi connectivity index (χ0v) is 10.3. The fourth-order valence-corrected chi connectivity index (χ4v) is 2.42. The minimum atomic E-state index is -0.828. The smallest absolute Gasteiger partial charge is 0.346 e. The zero-order chi connectivity index (χ0) is 11.1. The lowest BCUT2D eigenvalue weighted by molar-refractivity contribution is 0.0701. The molecule has 0 aromatic carbocycles. The van der Waals surface area contributed by atoms with E-state index in [-0.39, 0.29) is 0 Å². The maximum absolute atomic E-state index is 10.8. The van der Waals surface area contributed by atoms with Crippen LogP contribution >= 0.6 is 23.1 Å². The molecule has 84 valence electrons. The lowest BCUT2D eigenvalue weighted by atomic mass is 10.2. The highest BCUT2D eigenvalue weighted by Crippen LogP contribution is 2.16. The molecule has 0 unspecified atom stereocenters. The van der Waals surface area contributed by atoms with E-state index >= 15 is 0 Å². The van der Waals surface area contributed by atoms with Gasteiger partial charge in [0, 0.05) is 6.54 Å². The van der Waals surface area contributed by atoms with Gasteiger partial charge in [-0.15, -0.1) is 11.3 Å². The summed E-state index contributed by atoms with van der Waals surface area (Å²) < 4.78 is 0. The first kappa shape index (κ1) is 12.5. The van der Waals surface area contributed by atoms with Crippen LogP contribution in [-0.2, 0) is 6.54 Å². The summed E-state index contributed by atoms with van der Waals surface area (Å²) in [6.45, 7) is 1.59. The average molecular weight is 245 g/mol. The lowest BCUT2D eigenvalue weighted by Crippen LogP contribution is -2.16. The number of carboxylic acids is 1. The van der Waals surface area contributed by atoms with Gasteiger partial charge in [0.1, 0.15) is 4.88 Å². The molecule has 1 heterocycles. The van der Waals surface area contributed by atoms with Gasteiger partial charge < -0.3 is 10.4 Å². The summed E-state index contributed by atoms with van der Waals surface area (Å²) in [7, 11) is 0. The number of aromatic carboxylic acids is 1. The predicted octanol–water partition coefficient (Wildman–Crippen LogP) is 2.29. The molecular weight excluding hydrogens is 230 g/mol. The average Bonchev–Trinajstić information content (AvgIpc) is 2.66. The number of hydrogen-bond acceptors (Lipinski definition) is 4. The molecule has 0 aliphatic heterocycles. The highest BCUT2D eigenvalue weighted by atomic mass is 32.2. The van der Waals surface area contributed by atoms with Crippen LogP contribution < -0.4 is 5.32 Å². The van der Waals surface area contributed by atoms with Gasteiger partial charge in [-0.1, -0.05) is 0 Å². The molecular formula is C10H15NO2S2. The number of thiophene rings is 1. The maximum Gasteiger partial charge on any atom is 0.346 e. The first-order valence-electron chi connectivity index (χ1n) is 4.75. The van der Waals surface area contributed by atoms with Crippen molar-refractivity contribution in [1.29, 1.82) is 0 Å². The summed E-state index contributed by atoms with van der Waals surface area (Å²) in [4.78, 5) is 11.2. The molecule has 3 nitrogen and oxygen atoms in total. The summed E-state index contributed by atoms with van der Waals surface area (Å²) in [5.74, 6) is 0.313. The van der Waals surface area contributed by atoms with Crippen LogP contribution in [0.1, 0.15) is 21.7 Å². The SMILES string of the molecule is CSCCCNCc1ccsc1C(=O)O. The number of thioether (sulfide) groups is 1. The quantitative estimate of drug-likeness (QED) is 0.724. The van der Waals surface area contributed by atoms with Crippen LogP contribution in [0.3, 0.4) is 0 Å². The summed E-state index contributed by atoms with van der Waals surface area (Å²) in [6.07, 6.45) is 3.20. The fourth-order valence-electron chi connectivity index (χ4n) is 1.23. The number of rotatable bonds is 7. The number of carboxylic acid groups (broad SMARTS) is 1. The first-order chi connectivity index (χ1) is 7.25. The summed E-state index contributed by atoms with van der Waals surface area (Å²) in [5, 5.41) is 13.9. The van der Waals surface area contributed by atoms with Gasteiger partial charge in [0.15, 0.2) is 0 Å². The van der Waals surface area contributed by atoms with Crippen LogP contribution in [0.4, 0.5) is 0 Å². The van der Waals surface area contributed by atoms with Crippen LogP contribution in [0.2, 0.25) is 0 Å². The maximum atomic E-state index is 10.8. The highest BCUT2D eigenvalue weighted by Gasteiger charge is 2.10. The van der Waals surface area contributed by atoms with E-state index in [1.807, 2.05) is 23.2 Å². The molecule has 0 fully saturated rings. The van der Waals surface area contributed by atoms with E-state index < -0.39 is 5.97 Å². The topological polar surface area (TPSA) is 49.3 Å². The standard InChI is InChI=1S/C10H15NO2S2/c1-14-5-2-4-11-7-8-3-6-15-9(8)10(12)13/h3,6,11H,2,4-5,7H2,1H3,(H,12,13). The van der Waals surface area contributed by atoms with Crippen molar-refractivity contribution in [2.24, 2.45) is 0 Å². The van der Waals surface area contributed by atoms with Gasteiger partial charge in [0.05, 0.1) is 0 Å². The minimum Gasteiger partial charge on any atom is -0.477 e. The van der Waals surface area contributed by atoms with Crippen molar-refractivity contribution < 1.29 is 9.90 Å². The van der Waals surface area contributed by atoms with Crippen LogP contribution in [-0.4, -0.2) is 29.6 Å². The third-order valence-corrected chi connectivity index (χ3v) is 3.60. The molecule has 0 bridgehead atoms. The molecule has 1 aromatic rings. The van der Waals surface area contributed by atoms with Gasteiger partial charge in [-0.3, -0.25) is 0 Å². The molecule has 0 aliphatic rings. The Morgan fingerprint density at radius 1 is 1.67 bits per heavy atom. The van der Waals surface area contributed by atoms with Crippen LogP contribution in [0, 0.1) is 0 Å². The number of hydrogen-bond donors (Lipinski definition) is 2. The molecule has 0 amide bonds. The van der Waals surface area contributed by atoms with Gasteiger partial charge in [0.25, 0.3) is 0 Å². The predicted molar refractivity (Wildman–Crippen MR) is 66.0 cm³/mol. The van der Waals surface area contributed by atoms with E-state index in [2.05, 4.69) is 11.6 Å². The minimum absolute atomic E-state index is 0.451. The number of nitrogens with one attached hydrogen (secondary N) is 1. The van der Waals surface area contributed by atoms with Crippen LogP contribution in [0.25, 0.3) is 0 Å². The second kappa shape index (κ2) is 6.87. The van der Waals surface area contributed by atoms with Crippen molar-refractivity contribution >= 4 is 29.1 Å². The summed E-state index contributed by atoms with van der Waals surface area (Å²) in [6, 6.07) is 1.87. The largest absolute Gasteiger partial charge is 0.477 e.